The van der Waals surface area contributed by atoms with Crippen LogP contribution in [0.25, 0.3) is 0 Å². The predicted molar refractivity (Wildman–Crippen MR) is 73.4 cm³/mol. The van der Waals surface area contributed by atoms with Crippen LogP contribution in [0.15, 0.2) is 16.6 Å². The van der Waals surface area contributed by atoms with E-state index in [9.17, 15) is 8.78 Å². The summed E-state index contributed by atoms with van der Waals surface area (Å²) in [7, 11) is 0. The molecule has 1 rings (SSSR count). The summed E-state index contributed by atoms with van der Waals surface area (Å²) < 4.78 is 27.4. The number of benzene rings is 1. The summed E-state index contributed by atoms with van der Waals surface area (Å²) in [5.74, 6) is -1.04. The van der Waals surface area contributed by atoms with Crippen molar-refractivity contribution in [2.24, 2.45) is 0 Å². The molecule has 1 N–H and O–H groups in total. The zero-order chi connectivity index (χ0) is 13.1. The van der Waals surface area contributed by atoms with Gasteiger partial charge in [-0.3, -0.25) is 0 Å². The van der Waals surface area contributed by atoms with Crippen molar-refractivity contribution in [2.45, 2.75) is 25.1 Å². The van der Waals surface area contributed by atoms with Crippen molar-refractivity contribution in [3.8, 4) is 0 Å². The second-order valence-corrected chi connectivity index (χ2v) is 6.76. The van der Waals surface area contributed by atoms with E-state index in [2.05, 4.69) is 35.1 Å². The van der Waals surface area contributed by atoms with E-state index < -0.39 is 11.6 Å². The van der Waals surface area contributed by atoms with Crippen LogP contribution in [-0.4, -0.2) is 17.5 Å². The molecule has 1 aromatic rings. The van der Waals surface area contributed by atoms with Gasteiger partial charge in [0.1, 0.15) is 11.6 Å². The third-order valence-electron chi connectivity index (χ3n) is 2.54. The molecule has 0 saturated carbocycles. The van der Waals surface area contributed by atoms with E-state index in [1.807, 2.05) is 6.26 Å². The highest BCUT2D eigenvalue weighted by Crippen LogP contribution is 2.23. The molecule has 0 aliphatic carbocycles. The van der Waals surface area contributed by atoms with Crippen LogP contribution in [0.1, 0.15) is 19.4 Å². The van der Waals surface area contributed by atoms with Crippen molar-refractivity contribution >= 4 is 27.7 Å². The zero-order valence-corrected chi connectivity index (χ0v) is 12.5. The maximum absolute atomic E-state index is 13.6. The minimum atomic E-state index is -0.528. The average molecular weight is 324 g/mol. The standard InChI is InChI=1S/C12H16BrF2NS/c1-12(2,17-3)7-16-6-8-10(14)5-4-9(13)11(8)15/h4-5,16H,6-7H2,1-3H3. The monoisotopic (exact) mass is 323 g/mol. The summed E-state index contributed by atoms with van der Waals surface area (Å²) in [5.41, 5.74) is 0.0799. The number of hydrogen-bond donors (Lipinski definition) is 1. The van der Waals surface area contributed by atoms with E-state index in [1.54, 1.807) is 11.8 Å². The highest BCUT2D eigenvalue weighted by Gasteiger charge is 2.17. The first-order valence-corrected chi connectivity index (χ1v) is 7.27. The highest BCUT2D eigenvalue weighted by molar-refractivity contribution is 9.10. The van der Waals surface area contributed by atoms with Crippen LogP contribution >= 0.6 is 27.7 Å². The zero-order valence-electron chi connectivity index (χ0n) is 10.1. The van der Waals surface area contributed by atoms with Gasteiger partial charge in [-0.15, -0.1) is 0 Å². The van der Waals surface area contributed by atoms with Crippen molar-refractivity contribution in [3.63, 3.8) is 0 Å². The van der Waals surface area contributed by atoms with Crippen LogP contribution in [0.5, 0.6) is 0 Å². The number of nitrogens with one attached hydrogen (secondary N) is 1. The van der Waals surface area contributed by atoms with Gasteiger partial charge in [0.05, 0.1) is 4.47 Å². The van der Waals surface area contributed by atoms with Gasteiger partial charge in [-0.2, -0.15) is 11.8 Å². The van der Waals surface area contributed by atoms with Gasteiger partial charge >= 0.3 is 0 Å². The van der Waals surface area contributed by atoms with Gasteiger partial charge in [0.2, 0.25) is 0 Å². The normalized spacial score (nSPS) is 11.9. The summed E-state index contributed by atoms with van der Waals surface area (Å²) in [4.78, 5) is 0. The second kappa shape index (κ2) is 6.16. The van der Waals surface area contributed by atoms with E-state index >= 15 is 0 Å². The van der Waals surface area contributed by atoms with Crippen molar-refractivity contribution in [1.29, 1.82) is 0 Å². The lowest BCUT2D eigenvalue weighted by Crippen LogP contribution is -2.32. The Labute approximate surface area is 113 Å². The Hall–Kier alpha value is -0.130. The van der Waals surface area contributed by atoms with Crippen LogP contribution in [-0.2, 0) is 6.54 Å². The molecule has 0 atom stereocenters. The smallest absolute Gasteiger partial charge is 0.144 e. The summed E-state index contributed by atoms with van der Waals surface area (Å²) in [6, 6.07) is 2.64. The lowest BCUT2D eigenvalue weighted by molar-refractivity contribution is 0.518. The quantitative estimate of drug-likeness (QED) is 0.823. The fourth-order valence-electron chi connectivity index (χ4n) is 1.29. The van der Waals surface area contributed by atoms with Gasteiger partial charge in [0.15, 0.2) is 0 Å². The van der Waals surface area contributed by atoms with Crippen molar-refractivity contribution in [1.82, 2.24) is 5.32 Å². The molecule has 0 aliphatic heterocycles. The molecule has 0 radical (unpaired) electrons. The highest BCUT2D eigenvalue weighted by atomic mass is 79.9. The topological polar surface area (TPSA) is 12.0 Å². The fourth-order valence-corrected chi connectivity index (χ4v) is 1.91. The third-order valence-corrected chi connectivity index (χ3v) is 4.41. The van der Waals surface area contributed by atoms with Gasteiger partial charge in [0, 0.05) is 23.4 Å². The predicted octanol–water partition coefficient (Wildman–Crippen LogP) is 3.96. The maximum Gasteiger partial charge on any atom is 0.144 e. The number of rotatable bonds is 5. The Morgan fingerprint density at radius 1 is 1.35 bits per heavy atom. The van der Waals surface area contributed by atoms with E-state index in [1.165, 1.54) is 12.1 Å². The molecule has 0 unspecified atom stereocenters. The van der Waals surface area contributed by atoms with Crippen LogP contribution < -0.4 is 5.32 Å². The molecule has 0 heterocycles. The first kappa shape index (κ1) is 14.9. The lowest BCUT2D eigenvalue weighted by Gasteiger charge is -2.22. The molecule has 0 aliphatic rings. The first-order valence-electron chi connectivity index (χ1n) is 5.25. The molecule has 0 bridgehead atoms. The molecule has 0 saturated heterocycles. The molecular weight excluding hydrogens is 308 g/mol. The summed E-state index contributed by atoms with van der Waals surface area (Å²) >= 11 is 4.77. The molecule has 0 aromatic heterocycles. The number of hydrogen-bond acceptors (Lipinski definition) is 2. The Morgan fingerprint density at radius 2 is 2.00 bits per heavy atom. The van der Waals surface area contributed by atoms with Gasteiger partial charge in [-0.1, -0.05) is 0 Å². The Bertz CT molecular complexity index is 396. The first-order chi connectivity index (χ1) is 7.87. The SMILES string of the molecule is CSC(C)(C)CNCc1c(F)ccc(Br)c1F. The lowest BCUT2D eigenvalue weighted by atomic mass is 10.1. The van der Waals surface area contributed by atoms with E-state index in [-0.39, 0.29) is 16.9 Å². The third kappa shape index (κ3) is 4.23. The van der Waals surface area contributed by atoms with Gasteiger partial charge in [0.25, 0.3) is 0 Å². The van der Waals surface area contributed by atoms with Gasteiger partial charge in [-0.25, -0.2) is 8.78 Å². The molecule has 0 spiro atoms. The maximum atomic E-state index is 13.6. The Balaban J connectivity index is 2.67. The van der Waals surface area contributed by atoms with Crippen molar-refractivity contribution < 1.29 is 8.78 Å². The van der Waals surface area contributed by atoms with E-state index in [0.29, 0.717) is 11.0 Å². The minimum absolute atomic E-state index is 0.0545. The molecule has 0 fully saturated rings. The number of thioether (sulfide) groups is 1. The van der Waals surface area contributed by atoms with Crippen LogP contribution in [0.2, 0.25) is 0 Å². The number of halogens is 3. The summed E-state index contributed by atoms with van der Waals surface area (Å²) in [6.45, 7) is 5.05. The van der Waals surface area contributed by atoms with E-state index in [4.69, 9.17) is 0 Å². The molecule has 0 amide bonds. The Morgan fingerprint density at radius 3 is 2.59 bits per heavy atom. The largest absolute Gasteiger partial charge is 0.311 e. The molecule has 1 nitrogen and oxygen atoms in total. The second-order valence-electron chi connectivity index (χ2n) is 4.39. The van der Waals surface area contributed by atoms with Crippen LogP contribution in [0.4, 0.5) is 8.78 Å². The molecule has 96 valence electrons. The Kier molecular flexibility index (Phi) is 5.41. The molecule has 17 heavy (non-hydrogen) atoms. The minimum Gasteiger partial charge on any atom is -0.311 e. The van der Waals surface area contributed by atoms with Crippen molar-refractivity contribution in [3.05, 3.63) is 33.8 Å². The van der Waals surface area contributed by atoms with Crippen molar-refractivity contribution in [2.75, 3.05) is 12.8 Å². The molecular formula is C12H16BrF2NS. The summed E-state index contributed by atoms with van der Waals surface area (Å²) in [5, 5.41) is 3.08. The molecule has 5 heteroatoms. The van der Waals surface area contributed by atoms with Gasteiger partial charge in [-0.05, 0) is 48.2 Å². The average Bonchev–Trinajstić information content (AvgIpc) is 2.28. The van der Waals surface area contributed by atoms with Crippen LogP contribution in [0.3, 0.4) is 0 Å². The van der Waals surface area contributed by atoms with Gasteiger partial charge < -0.3 is 5.32 Å². The molecule has 1 aromatic carbocycles. The van der Waals surface area contributed by atoms with Crippen LogP contribution in [0, 0.1) is 11.6 Å². The fraction of sp³-hybridized carbons (Fsp3) is 0.500. The van der Waals surface area contributed by atoms with E-state index in [0.717, 1.165) is 0 Å². The summed E-state index contributed by atoms with van der Waals surface area (Å²) in [6.07, 6.45) is 2.02.